The Labute approximate surface area is 141 Å². The van der Waals surface area contributed by atoms with Gasteiger partial charge in [-0.3, -0.25) is 9.59 Å². The molecule has 6 nitrogen and oxygen atoms in total. The number of aromatic nitrogens is 1. The highest BCUT2D eigenvalue weighted by Crippen LogP contribution is 2.31. The summed E-state index contributed by atoms with van der Waals surface area (Å²) < 4.78 is 19.5. The minimum atomic E-state index is -0.988. The number of carboxylic acid groups (broad SMARTS) is 1. The molecule has 0 spiro atoms. The summed E-state index contributed by atoms with van der Waals surface area (Å²) in [6.07, 6.45) is -0.0236. The number of benzene rings is 2. The van der Waals surface area contributed by atoms with E-state index in [0.29, 0.717) is 16.8 Å². The summed E-state index contributed by atoms with van der Waals surface area (Å²) >= 11 is 0. The van der Waals surface area contributed by atoms with Crippen molar-refractivity contribution < 1.29 is 23.5 Å². The molecule has 1 aliphatic heterocycles. The van der Waals surface area contributed by atoms with Crippen LogP contribution in [0, 0.1) is 11.7 Å². The maximum atomic E-state index is 13.9. The Hall–Kier alpha value is -3.22. The van der Waals surface area contributed by atoms with E-state index in [0.717, 1.165) is 0 Å². The van der Waals surface area contributed by atoms with Gasteiger partial charge in [-0.15, -0.1) is 0 Å². The molecule has 0 unspecified atom stereocenters. The Morgan fingerprint density at radius 3 is 2.80 bits per heavy atom. The fourth-order valence-corrected chi connectivity index (χ4v) is 2.95. The number of nitrogens with zero attached hydrogens (tertiary/aromatic N) is 2. The van der Waals surface area contributed by atoms with E-state index < -0.39 is 17.7 Å². The fourth-order valence-electron chi connectivity index (χ4n) is 2.95. The minimum absolute atomic E-state index is 0.0236. The molecule has 1 N–H and O–H groups in total. The molecule has 25 heavy (non-hydrogen) atoms. The predicted octanol–water partition coefficient (Wildman–Crippen LogP) is 3.07. The first-order valence-corrected chi connectivity index (χ1v) is 7.71. The van der Waals surface area contributed by atoms with Crippen LogP contribution in [0.1, 0.15) is 6.42 Å². The lowest BCUT2D eigenvalue weighted by Crippen LogP contribution is -2.25. The van der Waals surface area contributed by atoms with E-state index in [9.17, 15) is 14.0 Å². The Bertz CT molecular complexity index is 998. The van der Waals surface area contributed by atoms with E-state index in [2.05, 4.69) is 4.98 Å². The lowest BCUT2D eigenvalue weighted by Gasteiger charge is -2.15. The third-order valence-corrected chi connectivity index (χ3v) is 4.26. The van der Waals surface area contributed by atoms with Crippen molar-refractivity contribution in [1.29, 1.82) is 0 Å². The summed E-state index contributed by atoms with van der Waals surface area (Å²) in [6, 6.07) is 11.1. The molecule has 2 heterocycles. The summed E-state index contributed by atoms with van der Waals surface area (Å²) in [4.78, 5) is 28.8. The number of oxazole rings is 1. The van der Waals surface area contributed by atoms with Crippen LogP contribution in [0.3, 0.4) is 0 Å². The second-order valence-corrected chi connectivity index (χ2v) is 5.89. The fraction of sp³-hybridized carbons (Fsp3) is 0.167. The number of carboxylic acids is 1. The maximum Gasteiger partial charge on any atom is 0.308 e. The van der Waals surface area contributed by atoms with Crippen molar-refractivity contribution >= 4 is 28.7 Å². The lowest BCUT2D eigenvalue weighted by atomic mass is 10.1. The molecule has 1 saturated heterocycles. The van der Waals surface area contributed by atoms with Gasteiger partial charge in [0.1, 0.15) is 11.3 Å². The Balaban J connectivity index is 1.71. The van der Waals surface area contributed by atoms with Crippen LogP contribution >= 0.6 is 0 Å². The summed E-state index contributed by atoms with van der Waals surface area (Å²) in [7, 11) is 0. The number of halogens is 1. The van der Waals surface area contributed by atoms with Crippen molar-refractivity contribution in [2.45, 2.75) is 6.42 Å². The number of aliphatic carboxylic acids is 1. The molecule has 7 heteroatoms. The molecule has 1 amide bonds. The summed E-state index contributed by atoms with van der Waals surface area (Å²) in [5.41, 5.74) is 1.73. The normalized spacial score (nSPS) is 17.4. The van der Waals surface area contributed by atoms with Crippen molar-refractivity contribution in [3.63, 3.8) is 0 Å². The molecule has 3 aromatic rings. The number of amides is 1. The highest BCUT2D eigenvalue weighted by atomic mass is 19.1. The zero-order valence-corrected chi connectivity index (χ0v) is 13.0. The zero-order chi connectivity index (χ0) is 17.6. The van der Waals surface area contributed by atoms with Crippen molar-refractivity contribution in [1.82, 2.24) is 4.98 Å². The van der Waals surface area contributed by atoms with Crippen molar-refractivity contribution in [3.05, 3.63) is 48.3 Å². The second-order valence-electron chi connectivity index (χ2n) is 5.89. The monoisotopic (exact) mass is 340 g/mol. The molecule has 0 aliphatic carbocycles. The molecule has 1 fully saturated rings. The SMILES string of the molecule is O=C(O)[C@H]1CC(=O)N(c2ccc3nc(-c4ccccc4F)oc3c2)C1. The predicted molar refractivity (Wildman–Crippen MR) is 87.5 cm³/mol. The zero-order valence-electron chi connectivity index (χ0n) is 13.0. The third-order valence-electron chi connectivity index (χ3n) is 4.26. The maximum absolute atomic E-state index is 13.9. The van der Waals surface area contributed by atoms with Gasteiger partial charge in [0, 0.05) is 24.7 Å². The van der Waals surface area contributed by atoms with Crippen molar-refractivity contribution in [2.24, 2.45) is 5.92 Å². The minimum Gasteiger partial charge on any atom is -0.481 e. The first kappa shape index (κ1) is 15.3. The lowest BCUT2D eigenvalue weighted by molar-refractivity contribution is -0.141. The van der Waals surface area contributed by atoms with E-state index in [1.54, 1.807) is 36.4 Å². The van der Waals surface area contributed by atoms with E-state index >= 15 is 0 Å². The Morgan fingerprint density at radius 1 is 1.28 bits per heavy atom. The molecule has 1 aliphatic rings. The molecule has 126 valence electrons. The summed E-state index contributed by atoms with van der Waals surface area (Å²) in [5.74, 6) is -2.24. The standard InChI is InChI=1S/C18H13FN2O4/c19-13-4-2-1-3-12(13)17-20-14-6-5-11(8-15(14)25-17)21-9-10(18(23)24)7-16(21)22/h1-6,8,10H,7,9H2,(H,23,24)/t10-/m0/s1. The quantitative estimate of drug-likeness (QED) is 0.792. The average Bonchev–Trinajstić information content (AvgIpc) is 3.18. The van der Waals surface area contributed by atoms with Crippen LogP contribution in [0.2, 0.25) is 0 Å². The molecule has 1 aromatic heterocycles. The molecular weight excluding hydrogens is 327 g/mol. The van der Waals surface area contributed by atoms with Crippen LogP contribution in [0.25, 0.3) is 22.6 Å². The van der Waals surface area contributed by atoms with Gasteiger partial charge in [-0.2, -0.15) is 0 Å². The van der Waals surface area contributed by atoms with Crippen LogP contribution in [0.4, 0.5) is 10.1 Å². The van der Waals surface area contributed by atoms with E-state index in [4.69, 9.17) is 9.52 Å². The summed E-state index contributed by atoms with van der Waals surface area (Å²) in [5, 5.41) is 9.08. The average molecular weight is 340 g/mol. The highest BCUT2D eigenvalue weighted by Gasteiger charge is 2.35. The molecule has 0 saturated carbocycles. The van der Waals surface area contributed by atoms with Gasteiger partial charge < -0.3 is 14.4 Å². The first-order chi connectivity index (χ1) is 12.0. The van der Waals surface area contributed by atoms with E-state index in [1.165, 1.54) is 11.0 Å². The van der Waals surface area contributed by atoms with E-state index in [-0.39, 0.29) is 30.3 Å². The van der Waals surface area contributed by atoms with Crippen LogP contribution in [-0.4, -0.2) is 28.5 Å². The second kappa shape index (κ2) is 5.70. The van der Waals surface area contributed by atoms with Gasteiger partial charge in [0.05, 0.1) is 11.5 Å². The van der Waals surface area contributed by atoms with Crippen molar-refractivity contribution in [3.8, 4) is 11.5 Å². The van der Waals surface area contributed by atoms with Crippen LogP contribution in [0.15, 0.2) is 46.9 Å². The van der Waals surface area contributed by atoms with Gasteiger partial charge in [0.15, 0.2) is 5.58 Å². The molecule has 0 bridgehead atoms. The van der Waals surface area contributed by atoms with Crippen LogP contribution < -0.4 is 4.90 Å². The largest absolute Gasteiger partial charge is 0.481 e. The molecule has 2 aromatic carbocycles. The van der Waals surface area contributed by atoms with Gasteiger partial charge in [-0.1, -0.05) is 12.1 Å². The highest BCUT2D eigenvalue weighted by molar-refractivity contribution is 6.00. The smallest absolute Gasteiger partial charge is 0.308 e. The van der Waals surface area contributed by atoms with Gasteiger partial charge in [-0.05, 0) is 24.3 Å². The number of carbonyl (C=O) groups excluding carboxylic acids is 1. The molecular formula is C18H13FN2O4. The van der Waals surface area contributed by atoms with Gasteiger partial charge in [-0.25, -0.2) is 9.37 Å². The number of rotatable bonds is 3. The number of fused-ring (bicyclic) bond motifs is 1. The first-order valence-electron chi connectivity index (χ1n) is 7.71. The van der Waals surface area contributed by atoms with Crippen molar-refractivity contribution in [2.75, 3.05) is 11.4 Å². The molecule has 0 radical (unpaired) electrons. The molecule has 1 atom stereocenters. The topological polar surface area (TPSA) is 83.6 Å². The summed E-state index contributed by atoms with van der Waals surface area (Å²) in [6.45, 7) is 0.119. The van der Waals surface area contributed by atoms with E-state index in [1.807, 2.05) is 0 Å². The molecule has 4 rings (SSSR count). The number of hydrogen-bond donors (Lipinski definition) is 1. The Kier molecular flexibility index (Phi) is 3.49. The number of hydrogen-bond acceptors (Lipinski definition) is 4. The van der Waals surface area contributed by atoms with Crippen LogP contribution in [0.5, 0.6) is 0 Å². The van der Waals surface area contributed by atoms with Crippen LogP contribution in [-0.2, 0) is 9.59 Å². The van der Waals surface area contributed by atoms with Gasteiger partial charge in [0.2, 0.25) is 11.8 Å². The van der Waals surface area contributed by atoms with Gasteiger partial charge in [0.25, 0.3) is 0 Å². The van der Waals surface area contributed by atoms with Gasteiger partial charge >= 0.3 is 5.97 Å². The number of anilines is 1. The third kappa shape index (κ3) is 2.63. The number of carbonyl (C=O) groups is 2. The Morgan fingerprint density at radius 2 is 2.08 bits per heavy atom.